The number of benzene rings is 4. The Morgan fingerprint density at radius 3 is 1.80 bits per heavy atom. The Bertz CT molecular complexity index is 3020. The fourth-order valence-electron chi connectivity index (χ4n) is 10.2. The van der Waals surface area contributed by atoms with Crippen molar-refractivity contribution in [1.29, 1.82) is 0 Å². The maximum atomic E-state index is 14.5. The highest BCUT2D eigenvalue weighted by molar-refractivity contribution is 7.91. The SMILES string of the molecule is CCCCCOc1ccc(-c2ccc(-c3ccc(C(=O)NC4CS(=O)(=O)CCNC(=O)[C@@H]5[C@H](O)[C@@H](C)CN5C(=O)[C@H]([C@@H](C)O)NC(=O)[C@H]([C@H](O)Cc5ccc(O)cc5)NC(=O)[C@@H]5C[C@@H](O)CN5C(=O)[C@H]([C@@H](C)O)NC4=O)cc3)cc2)cc1. The number of fused-ring (bicyclic) bond motifs is 2. The third-order valence-electron chi connectivity index (χ3n) is 14.9. The molecule has 1 unspecified atom stereocenters. The van der Waals surface area contributed by atoms with Crippen molar-refractivity contribution < 1.29 is 77.4 Å². The largest absolute Gasteiger partial charge is 0.508 e. The molecule has 3 fully saturated rings. The lowest BCUT2D eigenvalue weighted by Gasteiger charge is -2.33. The number of phenols is 1. The smallest absolute Gasteiger partial charge is 0.251 e. The molecule has 0 aliphatic carbocycles. The zero-order valence-electron chi connectivity index (χ0n) is 46.0. The Labute approximate surface area is 475 Å². The Kier molecular flexibility index (Phi) is 20.9. The third kappa shape index (κ3) is 15.5. The summed E-state index contributed by atoms with van der Waals surface area (Å²) in [5, 5.41) is 77.5. The minimum atomic E-state index is -4.48. The van der Waals surface area contributed by atoms with Gasteiger partial charge in [-0.05, 0) is 84.5 Å². The molecule has 4 aromatic carbocycles. The zero-order chi connectivity index (χ0) is 59.6. The number of sulfone groups is 1. The number of amides is 7. The number of phenolic OH excluding ortho intramolecular Hbond substituents is 1. The Balaban J connectivity index is 1.16. The maximum absolute atomic E-state index is 14.5. The number of hydrogen-bond donors (Lipinski definition) is 11. The van der Waals surface area contributed by atoms with Gasteiger partial charge in [0, 0.05) is 44.0 Å². The Morgan fingerprint density at radius 1 is 0.695 bits per heavy atom. The summed E-state index contributed by atoms with van der Waals surface area (Å²) in [5.41, 5.74) is 3.81. The van der Waals surface area contributed by atoms with Crippen LogP contribution in [0.3, 0.4) is 0 Å². The molecule has 3 aliphatic heterocycles. The summed E-state index contributed by atoms with van der Waals surface area (Å²) in [6.07, 6.45) is -5.84. The molecule has 442 valence electrons. The summed E-state index contributed by atoms with van der Waals surface area (Å²) in [5.74, 6) is -9.88. The minimum absolute atomic E-state index is 0.00231. The highest BCUT2D eigenvalue weighted by atomic mass is 32.2. The Morgan fingerprint density at radius 2 is 1.23 bits per heavy atom. The van der Waals surface area contributed by atoms with Crippen molar-refractivity contribution in [2.45, 2.75) is 127 Å². The summed E-state index contributed by atoms with van der Waals surface area (Å²) >= 11 is 0. The summed E-state index contributed by atoms with van der Waals surface area (Å²) < 4.78 is 33.7. The first kappa shape index (κ1) is 62.1. The number of nitrogens with zero attached hydrogens (tertiary/aromatic N) is 2. The standard InChI is InChI=1S/C58H73N7O16S/c1-5-6-7-25-81-43-22-18-39(19-23-43)37-12-10-36(11-13-37)38-14-16-40(17-15-38)52(72)60-44-31-82(79,80)26-24-59-56(76)50-51(71)32(2)29-65(50)58(78)48(34(4)67)62-55(75)49(46(70)27-35-8-20-41(68)21-9-35)63-54(74)45-28-42(69)30-64(45)57(77)47(33(3)66)61-53(44)73/h8-23,32-34,42,44-51,66-71H,5-7,24-31H2,1-4H3,(H,59,76)(H,60,72)(H,61,73)(H,62,75)(H,63,74)/t32-,33+,34+,42+,44?,45-,46+,47-,48-,49-,50-,51+/m0/s1. The quantitative estimate of drug-likeness (QED) is 0.0736. The first-order chi connectivity index (χ1) is 38.9. The van der Waals surface area contributed by atoms with Gasteiger partial charge in [-0.2, -0.15) is 0 Å². The van der Waals surface area contributed by atoms with Gasteiger partial charge in [-0.25, -0.2) is 8.42 Å². The molecule has 23 nitrogen and oxygen atoms in total. The van der Waals surface area contributed by atoms with Crippen molar-refractivity contribution in [1.82, 2.24) is 36.4 Å². The second-order valence-electron chi connectivity index (χ2n) is 21.3. The van der Waals surface area contributed by atoms with Gasteiger partial charge in [-0.1, -0.05) is 87.4 Å². The summed E-state index contributed by atoms with van der Waals surface area (Å²) in [4.78, 5) is 101. The van der Waals surface area contributed by atoms with Crippen LogP contribution in [-0.4, -0.2) is 195 Å². The first-order valence-electron chi connectivity index (χ1n) is 27.4. The average Bonchev–Trinajstić information content (AvgIpc) is 4.20. The number of carbonyl (C=O) groups excluding carboxylic acids is 7. The van der Waals surface area contributed by atoms with Crippen LogP contribution < -0.4 is 31.3 Å². The van der Waals surface area contributed by atoms with E-state index < -0.39 is 155 Å². The lowest BCUT2D eigenvalue weighted by atomic mass is 9.99. The molecule has 11 N–H and O–H groups in total. The molecule has 4 aromatic rings. The lowest BCUT2D eigenvalue weighted by molar-refractivity contribution is -0.147. The number of aliphatic hydroxyl groups excluding tert-OH is 5. The second-order valence-corrected chi connectivity index (χ2v) is 23.6. The molecule has 7 rings (SSSR count). The van der Waals surface area contributed by atoms with Gasteiger partial charge in [-0.15, -0.1) is 0 Å². The summed E-state index contributed by atoms with van der Waals surface area (Å²) in [6.45, 7) is 5.08. The average molecular weight is 1160 g/mol. The number of rotatable bonds is 14. The third-order valence-corrected chi connectivity index (χ3v) is 16.6. The van der Waals surface area contributed by atoms with Crippen LogP contribution in [0.1, 0.15) is 69.3 Å². The topological polar surface area (TPSA) is 351 Å². The monoisotopic (exact) mass is 1160 g/mol. The van der Waals surface area contributed by atoms with Crippen LogP contribution in [-0.2, 0) is 45.0 Å². The van der Waals surface area contributed by atoms with Crippen molar-refractivity contribution in [3.05, 3.63) is 108 Å². The minimum Gasteiger partial charge on any atom is -0.508 e. The highest BCUT2D eigenvalue weighted by Crippen LogP contribution is 2.29. The van der Waals surface area contributed by atoms with Crippen molar-refractivity contribution >= 4 is 51.2 Å². The fraction of sp³-hybridized carbons (Fsp3) is 0.466. The predicted octanol–water partition coefficient (Wildman–Crippen LogP) is -0.0726. The second kappa shape index (κ2) is 27.5. The molecule has 3 heterocycles. The molecule has 0 saturated carbocycles. The van der Waals surface area contributed by atoms with E-state index in [2.05, 4.69) is 33.5 Å². The highest BCUT2D eigenvalue weighted by Gasteiger charge is 2.49. The van der Waals surface area contributed by atoms with Crippen molar-refractivity contribution in [3.63, 3.8) is 0 Å². The number of nitrogens with one attached hydrogen (secondary N) is 5. The fourth-order valence-corrected chi connectivity index (χ4v) is 11.5. The lowest BCUT2D eigenvalue weighted by Crippen LogP contribution is -2.64. The van der Waals surface area contributed by atoms with Crippen LogP contribution in [0.15, 0.2) is 97.1 Å². The molecule has 0 spiro atoms. The molecule has 82 heavy (non-hydrogen) atoms. The molecule has 0 radical (unpaired) electrons. The first-order valence-corrected chi connectivity index (χ1v) is 29.2. The number of ether oxygens (including phenoxy) is 1. The van der Waals surface area contributed by atoms with Gasteiger partial charge < -0.3 is 71.8 Å². The molecule has 3 aliphatic rings. The van der Waals surface area contributed by atoms with Crippen LogP contribution in [0.5, 0.6) is 11.5 Å². The molecular weight excluding hydrogens is 1080 g/mol. The van der Waals surface area contributed by atoms with Crippen molar-refractivity contribution in [3.8, 4) is 33.8 Å². The summed E-state index contributed by atoms with van der Waals surface area (Å²) in [6, 6.07) is 16.1. The van der Waals surface area contributed by atoms with E-state index in [0.717, 1.165) is 65.3 Å². The van der Waals surface area contributed by atoms with Crippen LogP contribution >= 0.6 is 0 Å². The van der Waals surface area contributed by atoms with E-state index in [-0.39, 0.29) is 24.3 Å². The molecule has 24 heteroatoms. The van der Waals surface area contributed by atoms with Gasteiger partial charge in [0.05, 0.1) is 48.6 Å². The normalized spacial score (nSPS) is 26.1. The van der Waals surface area contributed by atoms with Gasteiger partial charge >= 0.3 is 0 Å². The number of aliphatic hydroxyl groups is 5. The number of unbranched alkanes of at least 4 members (excludes halogenated alkanes) is 2. The number of hydrogen-bond acceptors (Lipinski definition) is 16. The van der Waals surface area contributed by atoms with Crippen LogP contribution in [0.25, 0.3) is 22.3 Å². The zero-order valence-corrected chi connectivity index (χ0v) is 46.8. The van der Waals surface area contributed by atoms with E-state index in [0.29, 0.717) is 17.7 Å². The van der Waals surface area contributed by atoms with Crippen molar-refractivity contribution in [2.24, 2.45) is 5.92 Å². The molecule has 0 bridgehead atoms. The molecule has 7 amide bonds. The summed E-state index contributed by atoms with van der Waals surface area (Å²) in [7, 11) is -4.48. The van der Waals surface area contributed by atoms with E-state index in [1.54, 1.807) is 12.1 Å². The van der Waals surface area contributed by atoms with Gasteiger partial charge in [-0.3, -0.25) is 33.6 Å². The van der Waals surface area contributed by atoms with Crippen LogP contribution in [0, 0.1) is 5.92 Å². The van der Waals surface area contributed by atoms with Gasteiger partial charge in [0.15, 0.2) is 9.84 Å². The Hall–Kier alpha value is -7.48. The molecule has 12 atom stereocenters. The van der Waals surface area contributed by atoms with Gasteiger partial charge in [0.1, 0.15) is 47.8 Å². The number of carbonyl (C=O) groups is 7. The molecular formula is C58H73N7O16S. The van der Waals surface area contributed by atoms with Crippen molar-refractivity contribution in [2.75, 3.05) is 37.7 Å². The van der Waals surface area contributed by atoms with E-state index in [9.17, 15) is 72.6 Å². The molecule has 3 saturated heterocycles. The van der Waals surface area contributed by atoms with E-state index in [1.165, 1.54) is 43.3 Å². The maximum Gasteiger partial charge on any atom is 0.251 e. The van der Waals surface area contributed by atoms with Gasteiger partial charge in [0.2, 0.25) is 35.4 Å². The van der Waals surface area contributed by atoms with Crippen LogP contribution in [0.2, 0.25) is 0 Å². The predicted molar refractivity (Wildman–Crippen MR) is 299 cm³/mol. The van der Waals surface area contributed by atoms with E-state index in [4.69, 9.17) is 4.74 Å². The molecule has 0 aromatic heterocycles. The number of aromatic hydroxyl groups is 1. The van der Waals surface area contributed by atoms with E-state index in [1.807, 2.05) is 48.5 Å². The van der Waals surface area contributed by atoms with Gasteiger partial charge in [0.25, 0.3) is 5.91 Å². The van der Waals surface area contributed by atoms with Crippen LogP contribution in [0.4, 0.5) is 0 Å². The van der Waals surface area contributed by atoms with E-state index >= 15 is 0 Å².